The number of benzene rings is 2. The van der Waals surface area contributed by atoms with Gasteiger partial charge < -0.3 is 25.3 Å². The number of likely N-dealkylation sites (N-methyl/N-ethyl adjacent to an activating group) is 1. The Labute approximate surface area is 254 Å². The molecule has 3 N–H and O–H groups in total. The van der Waals surface area contributed by atoms with Crippen LogP contribution in [0.3, 0.4) is 0 Å². The SMILES string of the molecule is CN1CCN(c2cc3c(c(NCc4ccccc4)c2)[N+]2(C#N)N=C(c4ccncc4)N=C2C=C3)CC1.O=C(O)/C=C\C(=O)O. The number of carboxylic acids is 2. The van der Waals surface area contributed by atoms with Crippen molar-refractivity contribution in [2.75, 3.05) is 43.4 Å². The van der Waals surface area contributed by atoms with Crippen LogP contribution >= 0.6 is 0 Å². The number of carboxylic acid groups (broad SMARTS) is 2. The molecule has 6 rings (SSSR count). The van der Waals surface area contributed by atoms with Gasteiger partial charge in [0, 0.05) is 80.2 Å². The van der Waals surface area contributed by atoms with Crippen LogP contribution in [-0.2, 0) is 16.1 Å². The summed E-state index contributed by atoms with van der Waals surface area (Å²) < 4.78 is -0.330. The highest BCUT2D eigenvalue weighted by Crippen LogP contribution is 2.45. The van der Waals surface area contributed by atoms with Gasteiger partial charge in [-0.1, -0.05) is 30.3 Å². The summed E-state index contributed by atoms with van der Waals surface area (Å²) >= 11 is 0. The lowest BCUT2D eigenvalue weighted by Crippen LogP contribution is -2.45. The molecule has 4 heterocycles. The number of aliphatic imine (C=N–C) groups is 1. The fourth-order valence-electron chi connectivity index (χ4n) is 5.06. The van der Waals surface area contributed by atoms with E-state index in [1.54, 1.807) is 12.4 Å². The van der Waals surface area contributed by atoms with Crippen LogP contribution in [0.1, 0.15) is 16.7 Å². The van der Waals surface area contributed by atoms with E-state index >= 15 is 0 Å². The normalized spacial score (nSPS) is 18.7. The molecule has 12 nitrogen and oxygen atoms in total. The van der Waals surface area contributed by atoms with Crippen molar-refractivity contribution in [3.63, 3.8) is 0 Å². The largest absolute Gasteiger partial charge is 0.478 e. The van der Waals surface area contributed by atoms with Crippen molar-refractivity contribution in [3.05, 3.63) is 102 Å². The highest BCUT2D eigenvalue weighted by atomic mass is 16.4. The first kappa shape index (κ1) is 29.8. The van der Waals surface area contributed by atoms with E-state index in [0.29, 0.717) is 30.4 Å². The number of quaternary nitrogens is 1. The Bertz CT molecular complexity index is 1690. The lowest BCUT2D eigenvalue weighted by Gasteiger charge is -2.35. The zero-order valence-corrected chi connectivity index (χ0v) is 24.0. The van der Waals surface area contributed by atoms with Gasteiger partial charge in [0.1, 0.15) is 5.69 Å². The van der Waals surface area contributed by atoms with Crippen molar-refractivity contribution in [2.45, 2.75) is 6.54 Å². The molecule has 0 bridgehead atoms. The summed E-state index contributed by atoms with van der Waals surface area (Å²) in [7, 11) is 2.16. The number of piperazine rings is 1. The Morgan fingerprint density at radius 3 is 2.32 bits per heavy atom. The number of aliphatic carboxylic acids is 2. The van der Waals surface area contributed by atoms with Gasteiger partial charge in [0.25, 0.3) is 5.84 Å². The molecule has 1 aromatic heterocycles. The first-order valence-corrected chi connectivity index (χ1v) is 13.9. The molecule has 1 fully saturated rings. The molecule has 3 aliphatic rings. The Morgan fingerprint density at radius 2 is 1.68 bits per heavy atom. The van der Waals surface area contributed by atoms with Gasteiger partial charge in [-0.05, 0) is 52.6 Å². The summed E-state index contributed by atoms with van der Waals surface area (Å²) in [5.41, 5.74) is 5.82. The smallest absolute Gasteiger partial charge is 0.351 e. The molecule has 44 heavy (non-hydrogen) atoms. The summed E-state index contributed by atoms with van der Waals surface area (Å²) in [5, 5.41) is 34.7. The molecule has 1 unspecified atom stereocenters. The van der Waals surface area contributed by atoms with Crippen molar-refractivity contribution in [1.82, 2.24) is 14.5 Å². The zero-order chi connectivity index (χ0) is 31.1. The second kappa shape index (κ2) is 13.1. The van der Waals surface area contributed by atoms with Crippen LogP contribution in [0.2, 0.25) is 0 Å². The summed E-state index contributed by atoms with van der Waals surface area (Å²) in [6.07, 6.45) is 11.0. The van der Waals surface area contributed by atoms with E-state index in [2.05, 4.69) is 63.7 Å². The summed E-state index contributed by atoms with van der Waals surface area (Å²) in [4.78, 5) is 32.7. The lowest BCUT2D eigenvalue weighted by molar-refractivity contribution is -0.134. The summed E-state index contributed by atoms with van der Waals surface area (Å²) in [6.45, 7) is 4.61. The van der Waals surface area contributed by atoms with Gasteiger partial charge in [0.05, 0.1) is 0 Å². The van der Waals surface area contributed by atoms with Crippen LogP contribution in [0.4, 0.5) is 17.1 Å². The minimum absolute atomic E-state index is 0.330. The number of aromatic nitrogens is 1. The molecular formula is C32H31N8O4+. The maximum atomic E-state index is 10.6. The van der Waals surface area contributed by atoms with E-state index < -0.39 is 11.9 Å². The van der Waals surface area contributed by atoms with Crippen LogP contribution in [0.5, 0.6) is 0 Å². The molecule has 0 aliphatic carbocycles. The fourth-order valence-corrected chi connectivity index (χ4v) is 5.06. The van der Waals surface area contributed by atoms with Gasteiger partial charge in [0.15, 0.2) is 0 Å². The number of amidine groups is 2. The number of fused-ring (bicyclic) bond motifs is 3. The van der Waals surface area contributed by atoms with Crippen molar-refractivity contribution < 1.29 is 19.8 Å². The average molecular weight is 592 g/mol. The Balaban J connectivity index is 0.000000426. The monoisotopic (exact) mass is 591 g/mol. The molecule has 0 amide bonds. The average Bonchev–Trinajstić information content (AvgIpc) is 3.44. The number of hydrogen-bond acceptors (Lipinski definition) is 9. The van der Waals surface area contributed by atoms with E-state index in [-0.39, 0.29) is 4.59 Å². The summed E-state index contributed by atoms with van der Waals surface area (Å²) in [6, 6.07) is 18.4. The Kier molecular flexibility index (Phi) is 8.90. The van der Waals surface area contributed by atoms with E-state index in [1.165, 1.54) is 5.56 Å². The van der Waals surface area contributed by atoms with Crippen molar-refractivity contribution in [2.24, 2.45) is 10.1 Å². The minimum Gasteiger partial charge on any atom is -0.478 e. The number of rotatable bonds is 7. The molecule has 0 saturated carbocycles. The third-order valence-corrected chi connectivity index (χ3v) is 7.30. The lowest BCUT2D eigenvalue weighted by atomic mass is 10.0. The quantitative estimate of drug-likeness (QED) is 0.212. The first-order chi connectivity index (χ1) is 21.3. The van der Waals surface area contributed by atoms with Crippen LogP contribution in [0.25, 0.3) is 6.08 Å². The number of anilines is 2. The van der Waals surface area contributed by atoms with Crippen molar-refractivity contribution in [1.29, 1.82) is 5.26 Å². The molecular weight excluding hydrogens is 560 g/mol. The number of nitriles is 1. The van der Waals surface area contributed by atoms with Crippen LogP contribution < -0.4 is 14.8 Å². The number of carbonyl (C=O) groups is 2. The van der Waals surface area contributed by atoms with E-state index in [4.69, 9.17) is 20.3 Å². The van der Waals surface area contributed by atoms with Crippen molar-refractivity contribution >= 4 is 46.7 Å². The number of pyridine rings is 1. The molecule has 0 radical (unpaired) electrons. The maximum Gasteiger partial charge on any atom is 0.351 e. The third kappa shape index (κ3) is 6.54. The third-order valence-electron chi connectivity index (χ3n) is 7.30. The van der Waals surface area contributed by atoms with E-state index in [1.807, 2.05) is 36.4 Å². The molecule has 1 atom stereocenters. The molecule has 1 saturated heterocycles. The molecule has 12 heteroatoms. The molecule has 222 valence electrons. The number of hydrogen-bond donors (Lipinski definition) is 3. The Morgan fingerprint density at radius 1 is 1.00 bits per heavy atom. The maximum absolute atomic E-state index is 10.6. The minimum atomic E-state index is -1.26. The molecule has 0 spiro atoms. The molecule has 3 aliphatic heterocycles. The predicted molar refractivity (Wildman–Crippen MR) is 169 cm³/mol. The van der Waals surface area contributed by atoms with Crippen molar-refractivity contribution in [3.8, 4) is 6.19 Å². The van der Waals surface area contributed by atoms with Gasteiger partial charge >= 0.3 is 18.1 Å². The van der Waals surface area contributed by atoms with Gasteiger partial charge in [-0.25, -0.2) is 9.59 Å². The highest BCUT2D eigenvalue weighted by Gasteiger charge is 2.49. The molecule has 3 aromatic rings. The fraction of sp³-hybridized carbons (Fsp3) is 0.188. The van der Waals surface area contributed by atoms with Gasteiger partial charge in [0.2, 0.25) is 11.5 Å². The molecule has 2 aromatic carbocycles. The van der Waals surface area contributed by atoms with Crippen LogP contribution in [-0.4, -0.2) is 76.9 Å². The van der Waals surface area contributed by atoms with Crippen LogP contribution in [0, 0.1) is 11.5 Å². The van der Waals surface area contributed by atoms with E-state index in [9.17, 15) is 14.9 Å². The Hall–Kier alpha value is -5.64. The predicted octanol–water partition coefficient (Wildman–Crippen LogP) is 3.75. The summed E-state index contributed by atoms with van der Waals surface area (Å²) in [5.74, 6) is -1.39. The van der Waals surface area contributed by atoms with Crippen LogP contribution in [0.15, 0.2) is 95.3 Å². The second-order valence-electron chi connectivity index (χ2n) is 10.3. The zero-order valence-electron chi connectivity index (χ0n) is 24.0. The topological polar surface area (TPSA) is 155 Å². The van der Waals surface area contributed by atoms with Gasteiger partial charge in [-0.3, -0.25) is 4.98 Å². The highest BCUT2D eigenvalue weighted by molar-refractivity contribution is 6.21. The van der Waals surface area contributed by atoms with E-state index in [0.717, 1.165) is 54.4 Å². The standard InChI is InChI=1S/C28H27N8.C4H4O4/c1-34-13-15-35(16-14-34)24-17-23-7-8-26-32-28(22-9-11-30-12-10-22)33-36(26,20-29)27(23)25(18-24)31-19-21-5-3-2-4-6-21;5-3(6)1-2-4(7)8/h2-12,17-18,31H,13-16,19H2,1H3;1-2H,(H,5,6)(H,7,8)/q+1;/b;2-1-. The first-order valence-electron chi connectivity index (χ1n) is 13.9. The van der Waals surface area contributed by atoms with Gasteiger partial charge in [-0.15, -0.1) is 5.26 Å². The second-order valence-corrected chi connectivity index (χ2v) is 10.3. The number of nitrogens with zero attached hydrogens (tertiary/aromatic N) is 7. The van der Waals surface area contributed by atoms with Gasteiger partial charge in [-0.2, -0.15) is 4.99 Å². The number of nitrogens with one attached hydrogen (secondary N) is 1.